The number of nitrogens with one attached hydrogen (secondary N) is 1. The molecule has 2 unspecified atom stereocenters. The van der Waals surface area contributed by atoms with Gasteiger partial charge in [0.2, 0.25) is 0 Å². The van der Waals surface area contributed by atoms with E-state index in [2.05, 4.69) is 19.2 Å². The van der Waals surface area contributed by atoms with Crippen molar-refractivity contribution < 1.29 is 9.84 Å². The van der Waals surface area contributed by atoms with Crippen LogP contribution in [0.2, 0.25) is 0 Å². The van der Waals surface area contributed by atoms with Gasteiger partial charge in [0.1, 0.15) is 0 Å². The van der Waals surface area contributed by atoms with Gasteiger partial charge in [-0.05, 0) is 32.1 Å². The summed E-state index contributed by atoms with van der Waals surface area (Å²) in [5.74, 6) is 0. The van der Waals surface area contributed by atoms with E-state index in [1.165, 1.54) is 25.7 Å². The smallest absolute Gasteiger partial charge is 0.0897 e. The highest BCUT2D eigenvalue weighted by Gasteiger charge is 2.31. The van der Waals surface area contributed by atoms with Gasteiger partial charge in [-0.3, -0.25) is 0 Å². The number of hydrogen-bond acceptors (Lipinski definition) is 3. The van der Waals surface area contributed by atoms with Crippen molar-refractivity contribution in [1.82, 2.24) is 5.32 Å². The Morgan fingerprint density at radius 2 is 2.06 bits per heavy atom. The first kappa shape index (κ1) is 14.9. The normalized spacial score (nSPS) is 26.1. The molecule has 0 bridgehead atoms. The van der Waals surface area contributed by atoms with Gasteiger partial charge in [-0.2, -0.15) is 0 Å². The highest BCUT2D eigenvalue weighted by molar-refractivity contribution is 4.88. The number of ether oxygens (including phenoxy) is 1. The fourth-order valence-corrected chi connectivity index (χ4v) is 2.51. The van der Waals surface area contributed by atoms with E-state index in [0.29, 0.717) is 24.6 Å². The molecule has 0 aromatic carbocycles. The standard InChI is InChI=1S/C14H29NO2/c1-11(2)17-10-12(16)9-15-13-7-5-6-8-14(13,3)4/h11-13,15-16H,5-10H2,1-4H3. The monoisotopic (exact) mass is 243 g/mol. The maximum atomic E-state index is 9.81. The third-order valence-corrected chi connectivity index (χ3v) is 3.73. The second kappa shape index (κ2) is 6.72. The van der Waals surface area contributed by atoms with Gasteiger partial charge in [-0.1, -0.05) is 26.7 Å². The van der Waals surface area contributed by atoms with E-state index >= 15 is 0 Å². The van der Waals surface area contributed by atoms with Crippen LogP contribution < -0.4 is 5.32 Å². The Labute approximate surface area is 106 Å². The van der Waals surface area contributed by atoms with E-state index in [1.54, 1.807) is 0 Å². The first-order chi connectivity index (χ1) is 7.92. The lowest BCUT2D eigenvalue weighted by atomic mass is 9.73. The first-order valence-corrected chi connectivity index (χ1v) is 6.95. The summed E-state index contributed by atoms with van der Waals surface area (Å²) in [5.41, 5.74) is 0.358. The molecule has 1 aliphatic carbocycles. The van der Waals surface area contributed by atoms with Crippen LogP contribution >= 0.6 is 0 Å². The summed E-state index contributed by atoms with van der Waals surface area (Å²) >= 11 is 0. The lowest BCUT2D eigenvalue weighted by Gasteiger charge is -2.39. The molecule has 3 heteroatoms. The maximum absolute atomic E-state index is 9.81. The van der Waals surface area contributed by atoms with Gasteiger partial charge in [-0.25, -0.2) is 0 Å². The van der Waals surface area contributed by atoms with Gasteiger partial charge in [0.25, 0.3) is 0 Å². The molecule has 0 amide bonds. The molecule has 1 rings (SSSR count). The van der Waals surface area contributed by atoms with Crippen LogP contribution in [0.3, 0.4) is 0 Å². The van der Waals surface area contributed by atoms with Gasteiger partial charge in [0.05, 0.1) is 18.8 Å². The molecular formula is C14H29NO2. The van der Waals surface area contributed by atoms with Crippen molar-refractivity contribution in [3.63, 3.8) is 0 Å². The van der Waals surface area contributed by atoms with Crippen molar-refractivity contribution in [2.24, 2.45) is 5.41 Å². The van der Waals surface area contributed by atoms with Crippen LogP contribution in [0, 0.1) is 5.41 Å². The molecule has 1 fully saturated rings. The van der Waals surface area contributed by atoms with Crippen LogP contribution in [-0.2, 0) is 4.74 Å². The quantitative estimate of drug-likeness (QED) is 0.752. The van der Waals surface area contributed by atoms with Crippen molar-refractivity contribution in [1.29, 1.82) is 0 Å². The van der Waals surface area contributed by atoms with Crippen LogP contribution in [0.15, 0.2) is 0 Å². The van der Waals surface area contributed by atoms with Gasteiger partial charge in [0.15, 0.2) is 0 Å². The largest absolute Gasteiger partial charge is 0.389 e. The summed E-state index contributed by atoms with van der Waals surface area (Å²) < 4.78 is 5.41. The van der Waals surface area contributed by atoms with E-state index in [4.69, 9.17) is 4.74 Å². The summed E-state index contributed by atoms with van der Waals surface area (Å²) in [4.78, 5) is 0. The summed E-state index contributed by atoms with van der Waals surface area (Å²) in [6.45, 7) is 9.69. The second-order valence-corrected chi connectivity index (χ2v) is 6.23. The van der Waals surface area contributed by atoms with Crippen LogP contribution in [-0.4, -0.2) is 36.5 Å². The molecule has 2 N–H and O–H groups in total. The Hall–Kier alpha value is -0.120. The molecule has 102 valence electrons. The number of aliphatic hydroxyl groups is 1. The minimum atomic E-state index is -0.393. The molecule has 0 radical (unpaired) electrons. The predicted molar refractivity (Wildman–Crippen MR) is 71.1 cm³/mol. The average molecular weight is 243 g/mol. The number of aliphatic hydroxyl groups excluding tert-OH is 1. The summed E-state index contributed by atoms with van der Waals surface area (Å²) in [5, 5.41) is 13.3. The molecule has 3 nitrogen and oxygen atoms in total. The van der Waals surface area contributed by atoms with Crippen LogP contribution in [0.5, 0.6) is 0 Å². The minimum Gasteiger partial charge on any atom is -0.389 e. The third kappa shape index (κ3) is 5.36. The molecule has 1 saturated carbocycles. The van der Waals surface area contributed by atoms with E-state index in [1.807, 2.05) is 13.8 Å². The van der Waals surface area contributed by atoms with E-state index < -0.39 is 6.10 Å². The lowest BCUT2D eigenvalue weighted by Crippen LogP contribution is -2.47. The fraction of sp³-hybridized carbons (Fsp3) is 1.00. The van der Waals surface area contributed by atoms with Crippen LogP contribution in [0.1, 0.15) is 53.4 Å². The van der Waals surface area contributed by atoms with Gasteiger partial charge in [0, 0.05) is 12.6 Å². The number of hydrogen-bond donors (Lipinski definition) is 2. The van der Waals surface area contributed by atoms with E-state index in [9.17, 15) is 5.11 Å². The van der Waals surface area contributed by atoms with Crippen LogP contribution in [0.4, 0.5) is 0 Å². The Kier molecular flexibility index (Phi) is 5.90. The fourth-order valence-electron chi connectivity index (χ4n) is 2.51. The van der Waals surface area contributed by atoms with Crippen molar-refractivity contribution >= 4 is 0 Å². The van der Waals surface area contributed by atoms with Gasteiger partial charge < -0.3 is 15.2 Å². The molecule has 0 saturated heterocycles. The van der Waals surface area contributed by atoms with Gasteiger partial charge in [-0.15, -0.1) is 0 Å². The van der Waals surface area contributed by atoms with E-state index in [0.717, 1.165) is 0 Å². The van der Waals surface area contributed by atoms with Crippen molar-refractivity contribution in [2.75, 3.05) is 13.2 Å². The van der Waals surface area contributed by atoms with Crippen molar-refractivity contribution in [2.45, 2.75) is 71.6 Å². The Balaban J connectivity index is 2.24. The zero-order valence-electron chi connectivity index (χ0n) is 11.8. The molecule has 0 aliphatic heterocycles. The maximum Gasteiger partial charge on any atom is 0.0897 e. The van der Waals surface area contributed by atoms with Crippen LogP contribution in [0.25, 0.3) is 0 Å². The molecule has 0 aromatic rings. The highest BCUT2D eigenvalue weighted by atomic mass is 16.5. The average Bonchev–Trinajstić information content (AvgIpc) is 2.24. The lowest BCUT2D eigenvalue weighted by molar-refractivity contribution is 0.00256. The predicted octanol–water partition coefficient (Wildman–Crippen LogP) is 2.33. The molecule has 0 spiro atoms. The zero-order valence-corrected chi connectivity index (χ0v) is 11.8. The van der Waals surface area contributed by atoms with Gasteiger partial charge >= 0.3 is 0 Å². The summed E-state index contributed by atoms with van der Waals surface area (Å²) in [7, 11) is 0. The zero-order chi connectivity index (χ0) is 12.9. The topological polar surface area (TPSA) is 41.5 Å². The van der Waals surface area contributed by atoms with E-state index in [-0.39, 0.29) is 6.10 Å². The van der Waals surface area contributed by atoms with Crippen molar-refractivity contribution in [3.05, 3.63) is 0 Å². The Morgan fingerprint density at radius 1 is 1.35 bits per heavy atom. The van der Waals surface area contributed by atoms with Crippen molar-refractivity contribution in [3.8, 4) is 0 Å². The second-order valence-electron chi connectivity index (χ2n) is 6.23. The molecule has 0 heterocycles. The summed E-state index contributed by atoms with van der Waals surface area (Å²) in [6, 6.07) is 0.532. The summed E-state index contributed by atoms with van der Waals surface area (Å²) in [6.07, 6.45) is 4.95. The molecule has 1 aliphatic rings. The highest BCUT2D eigenvalue weighted by Crippen LogP contribution is 2.35. The third-order valence-electron chi connectivity index (χ3n) is 3.73. The molecule has 2 atom stereocenters. The molecule has 0 aromatic heterocycles. The molecule has 17 heavy (non-hydrogen) atoms. The molecular weight excluding hydrogens is 214 g/mol. The SMILES string of the molecule is CC(C)OCC(O)CNC1CCCCC1(C)C. The number of rotatable bonds is 6. The minimum absolute atomic E-state index is 0.191. The first-order valence-electron chi connectivity index (χ1n) is 6.95. The Bertz CT molecular complexity index is 216. The Morgan fingerprint density at radius 3 is 2.65 bits per heavy atom.